The Labute approximate surface area is 156 Å². The second-order valence-corrected chi connectivity index (χ2v) is 7.12. The van der Waals surface area contributed by atoms with Crippen LogP contribution in [0.25, 0.3) is 22.0 Å². The molecule has 26 heavy (non-hydrogen) atoms. The van der Waals surface area contributed by atoms with Crippen molar-refractivity contribution < 1.29 is 4.39 Å². The molecule has 1 saturated heterocycles. The standard InChI is InChI=1S/C19H19ClFN5/c1-26-8-2-3-13(11-26)23-19-16-10-22-7-6-14(16)18(24-25-19)15-5-4-12(20)9-17(15)21/h4-7,9-10,13H,2-3,8,11H2,1H3,(H,23,25). The molecule has 5 nitrogen and oxygen atoms in total. The summed E-state index contributed by atoms with van der Waals surface area (Å²) in [6, 6.07) is 6.72. The number of anilines is 1. The minimum atomic E-state index is -0.417. The number of likely N-dealkylation sites (N-methyl/N-ethyl adjacent to an activating group) is 1. The van der Waals surface area contributed by atoms with Crippen molar-refractivity contribution in [1.29, 1.82) is 0 Å². The molecule has 3 heterocycles. The van der Waals surface area contributed by atoms with E-state index in [-0.39, 0.29) is 0 Å². The predicted octanol–water partition coefficient (Wildman–Crippen LogP) is 3.99. The molecule has 0 amide bonds. The van der Waals surface area contributed by atoms with Gasteiger partial charge >= 0.3 is 0 Å². The van der Waals surface area contributed by atoms with Crippen LogP contribution >= 0.6 is 11.6 Å². The van der Waals surface area contributed by atoms with Crippen LogP contribution in [0.2, 0.25) is 5.02 Å². The van der Waals surface area contributed by atoms with Crippen molar-refractivity contribution in [2.45, 2.75) is 18.9 Å². The minimum absolute atomic E-state index is 0.310. The monoisotopic (exact) mass is 371 g/mol. The topological polar surface area (TPSA) is 53.9 Å². The van der Waals surface area contributed by atoms with E-state index in [0.717, 1.165) is 36.7 Å². The largest absolute Gasteiger partial charge is 0.364 e. The molecule has 0 bridgehead atoms. The van der Waals surface area contributed by atoms with Crippen molar-refractivity contribution >= 4 is 28.2 Å². The Hall–Kier alpha value is -2.31. The molecule has 1 aromatic carbocycles. The molecule has 1 unspecified atom stereocenters. The number of nitrogens with one attached hydrogen (secondary N) is 1. The van der Waals surface area contributed by atoms with Gasteiger partial charge < -0.3 is 10.2 Å². The first-order valence-corrected chi connectivity index (χ1v) is 9.00. The average Bonchev–Trinajstić information content (AvgIpc) is 2.63. The van der Waals surface area contributed by atoms with Crippen LogP contribution in [0.3, 0.4) is 0 Å². The third-order valence-electron chi connectivity index (χ3n) is 4.73. The summed E-state index contributed by atoms with van der Waals surface area (Å²) in [5, 5.41) is 14.1. The number of rotatable bonds is 3. The Balaban J connectivity index is 1.76. The predicted molar refractivity (Wildman–Crippen MR) is 102 cm³/mol. The summed E-state index contributed by atoms with van der Waals surface area (Å²) in [4.78, 5) is 6.52. The number of fused-ring (bicyclic) bond motifs is 1. The number of hydrogen-bond acceptors (Lipinski definition) is 5. The Bertz CT molecular complexity index is 948. The highest BCUT2D eigenvalue weighted by Crippen LogP contribution is 2.32. The van der Waals surface area contributed by atoms with Gasteiger partial charge in [-0.15, -0.1) is 10.2 Å². The summed E-state index contributed by atoms with van der Waals surface area (Å²) in [6.45, 7) is 2.07. The Morgan fingerprint density at radius 1 is 1.23 bits per heavy atom. The second-order valence-electron chi connectivity index (χ2n) is 6.69. The molecule has 0 saturated carbocycles. The van der Waals surface area contributed by atoms with Crippen LogP contribution in [-0.2, 0) is 0 Å². The highest BCUT2D eigenvalue weighted by molar-refractivity contribution is 6.30. The molecule has 1 aliphatic rings. The lowest BCUT2D eigenvalue weighted by Gasteiger charge is -2.30. The Kier molecular flexibility index (Phi) is 4.70. The fraction of sp³-hybridized carbons (Fsp3) is 0.316. The molecule has 2 aromatic heterocycles. The number of aromatic nitrogens is 3. The molecular weight excluding hydrogens is 353 g/mol. The molecule has 0 spiro atoms. The first-order valence-electron chi connectivity index (χ1n) is 8.63. The van der Waals surface area contributed by atoms with Crippen molar-refractivity contribution in [1.82, 2.24) is 20.1 Å². The zero-order valence-corrected chi connectivity index (χ0v) is 15.2. The first-order chi connectivity index (χ1) is 12.6. The maximum Gasteiger partial charge on any atom is 0.158 e. The number of piperidine rings is 1. The van der Waals surface area contributed by atoms with E-state index < -0.39 is 5.82 Å². The zero-order chi connectivity index (χ0) is 18.1. The van der Waals surface area contributed by atoms with Gasteiger partial charge in [-0.1, -0.05) is 11.6 Å². The summed E-state index contributed by atoms with van der Waals surface area (Å²) >= 11 is 5.87. The quantitative estimate of drug-likeness (QED) is 0.754. The van der Waals surface area contributed by atoms with E-state index in [1.165, 1.54) is 6.07 Å². The summed E-state index contributed by atoms with van der Waals surface area (Å²) in [6.07, 6.45) is 5.66. The number of halogens is 2. The lowest BCUT2D eigenvalue weighted by Crippen LogP contribution is -2.40. The Morgan fingerprint density at radius 3 is 2.92 bits per heavy atom. The molecule has 7 heteroatoms. The minimum Gasteiger partial charge on any atom is -0.364 e. The van der Waals surface area contributed by atoms with E-state index in [2.05, 4.69) is 32.4 Å². The number of benzene rings is 1. The SMILES string of the molecule is CN1CCCC(Nc2nnc(-c3ccc(Cl)cc3F)c3ccncc23)C1. The van der Waals surface area contributed by atoms with Gasteiger partial charge in [-0.2, -0.15) is 0 Å². The van der Waals surface area contributed by atoms with Crippen molar-refractivity contribution in [2.24, 2.45) is 0 Å². The summed E-state index contributed by atoms with van der Waals surface area (Å²) < 4.78 is 14.4. The smallest absolute Gasteiger partial charge is 0.158 e. The van der Waals surface area contributed by atoms with Gasteiger partial charge in [0.05, 0.1) is 0 Å². The van der Waals surface area contributed by atoms with Crippen molar-refractivity contribution in [3.05, 3.63) is 47.5 Å². The summed E-state index contributed by atoms with van der Waals surface area (Å²) in [7, 11) is 2.12. The maximum atomic E-state index is 14.4. The van der Waals surface area contributed by atoms with E-state index >= 15 is 0 Å². The van der Waals surface area contributed by atoms with Gasteiger partial charge in [-0.25, -0.2) is 4.39 Å². The van der Waals surface area contributed by atoms with Crippen LogP contribution in [0, 0.1) is 5.82 Å². The van der Waals surface area contributed by atoms with E-state index in [4.69, 9.17) is 11.6 Å². The Morgan fingerprint density at radius 2 is 2.12 bits per heavy atom. The van der Waals surface area contributed by atoms with Crippen LogP contribution < -0.4 is 5.32 Å². The molecule has 1 atom stereocenters. The van der Waals surface area contributed by atoms with Crippen molar-refractivity contribution in [3.8, 4) is 11.3 Å². The lowest BCUT2D eigenvalue weighted by atomic mass is 10.0. The molecule has 4 rings (SSSR count). The lowest BCUT2D eigenvalue weighted by molar-refractivity contribution is 0.261. The van der Waals surface area contributed by atoms with E-state index in [0.29, 0.717) is 28.1 Å². The van der Waals surface area contributed by atoms with E-state index in [1.807, 2.05) is 6.07 Å². The third kappa shape index (κ3) is 3.34. The maximum absolute atomic E-state index is 14.4. The fourth-order valence-corrected chi connectivity index (χ4v) is 3.62. The van der Waals surface area contributed by atoms with Crippen LogP contribution in [0.5, 0.6) is 0 Å². The molecule has 1 aliphatic heterocycles. The fourth-order valence-electron chi connectivity index (χ4n) is 3.46. The number of pyridine rings is 1. The van der Waals surface area contributed by atoms with Gasteiger partial charge in [0.2, 0.25) is 0 Å². The normalized spacial score (nSPS) is 18.2. The number of hydrogen-bond donors (Lipinski definition) is 1. The molecule has 0 radical (unpaired) electrons. The van der Waals surface area contributed by atoms with Gasteiger partial charge in [0.1, 0.15) is 11.5 Å². The molecule has 1 N–H and O–H groups in total. The van der Waals surface area contributed by atoms with Gasteiger partial charge in [-0.3, -0.25) is 4.98 Å². The van der Waals surface area contributed by atoms with Crippen molar-refractivity contribution in [3.63, 3.8) is 0 Å². The molecule has 0 aliphatic carbocycles. The zero-order valence-electron chi connectivity index (χ0n) is 14.4. The first kappa shape index (κ1) is 17.1. The van der Waals surface area contributed by atoms with Crippen LogP contribution in [0.1, 0.15) is 12.8 Å². The van der Waals surface area contributed by atoms with E-state index in [9.17, 15) is 4.39 Å². The highest BCUT2D eigenvalue weighted by Gasteiger charge is 2.20. The summed E-state index contributed by atoms with van der Waals surface area (Å²) in [5.74, 6) is 0.269. The molecule has 3 aromatic rings. The van der Waals surface area contributed by atoms with Crippen molar-refractivity contribution in [2.75, 3.05) is 25.5 Å². The van der Waals surface area contributed by atoms with Crippen LogP contribution in [-0.4, -0.2) is 46.3 Å². The van der Waals surface area contributed by atoms with Gasteiger partial charge in [0.15, 0.2) is 5.82 Å². The number of likely N-dealkylation sites (tertiary alicyclic amines) is 1. The second kappa shape index (κ2) is 7.13. The van der Waals surface area contributed by atoms with E-state index in [1.54, 1.807) is 24.5 Å². The van der Waals surface area contributed by atoms with Crippen LogP contribution in [0.15, 0.2) is 36.7 Å². The molecule has 134 valence electrons. The molecule has 1 fully saturated rings. The van der Waals surface area contributed by atoms with Gasteiger partial charge in [0.25, 0.3) is 0 Å². The van der Waals surface area contributed by atoms with Gasteiger partial charge in [-0.05, 0) is 50.7 Å². The molecular formula is C19H19ClFN5. The summed E-state index contributed by atoms with van der Waals surface area (Å²) in [5.41, 5.74) is 0.866. The highest BCUT2D eigenvalue weighted by atomic mass is 35.5. The van der Waals surface area contributed by atoms with Gasteiger partial charge in [0, 0.05) is 46.3 Å². The van der Waals surface area contributed by atoms with Crippen LogP contribution in [0.4, 0.5) is 10.2 Å². The number of nitrogens with zero attached hydrogens (tertiary/aromatic N) is 4. The third-order valence-corrected chi connectivity index (χ3v) is 4.97. The average molecular weight is 372 g/mol.